The zero-order valence-electron chi connectivity index (χ0n) is 7.49. The van der Waals surface area contributed by atoms with Crippen molar-refractivity contribution < 1.29 is 4.42 Å². The quantitative estimate of drug-likeness (QED) is 0.571. The molecule has 0 aliphatic rings. The third kappa shape index (κ3) is 0.946. The molecule has 3 rings (SSSR count). The molecule has 0 saturated carbocycles. The summed E-state index contributed by atoms with van der Waals surface area (Å²) in [6.07, 6.45) is 1.86. The highest BCUT2D eigenvalue weighted by molar-refractivity contribution is 7.20. The van der Waals surface area contributed by atoms with Crippen molar-refractivity contribution in [3.05, 3.63) is 41.8 Å². The van der Waals surface area contributed by atoms with Crippen LogP contribution in [0.3, 0.4) is 0 Å². The van der Waals surface area contributed by atoms with Crippen molar-refractivity contribution in [3.63, 3.8) is 0 Å². The lowest BCUT2D eigenvalue weighted by molar-refractivity contribution is 0.670. The third-order valence-electron chi connectivity index (χ3n) is 2.27. The van der Waals surface area contributed by atoms with Gasteiger partial charge >= 0.3 is 0 Å². The van der Waals surface area contributed by atoms with Gasteiger partial charge in [-0.25, -0.2) is 0 Å². The second-order valence-electron chi connectivity index (χ2n) is 3.14. The van der Waals surface area contributed by atoms with Crippen molar-refractivity contribution in [3.8, 4) is 0 Å². The molecule has 14 heavy (non-hydrogen) atoms. The molecule has 0 atom stereocenters. The molecule has 0 unspecified atom stereocenters. The van der Waals surface area contributed by atoms with Gasteiger partial charge in [-0.2, -0.15) is 0 Å². The fraction of sp³-hybridized carbons (Fsp3) is 0. The average Bonchev–Trinajstić information content (AvgIpc) is 2.73. The normalized spacial score (nSPS) is 11.1. The SMILES string of the molecule is C=Cc1cc2oc3ccccc3c2s1. The predicted octanol–water partition coefficient (Wildman–Crippen LogP) is 4.29. The van der Waals surface area contributed by atoms with Crippen molar-refractivity contribution in [2.75, 3.05) is 0 Å². The maximum atomic E-state index is 5.70. The van der Waals surface area contributed by atoms with Crippen LogP contribution in [0.1, 0.15) is 4.88 Å². The summed E-state index contributed by atoms with van der Waals surface area (Å²) >= 11 is 1.72. The molecule has 0 bridgehead atoms. The Hall–Kier alpha value is -1.54. The van der Waals surface area contributed by atoms with Gasteiger partial charge < -0.3 is 4.42 Å². The maximum absolute atomic E-state index is 5.70. The van der Waals surface area contributed by atoms with Crippen LogP contribution in [0.2, 0.25) is 0 Å². The fourth-order valence-electron chi connectivity index (χ4n) is 1.62. The predicted molar refractivity (Wildman–Crippen MR) is 61.7 cm³/mol. The lowest BCUT2D eigenvalue weighted by Crippen LogP contribution is -1.59. The van der Waals surface area contributed by atoms with Crippen molar-refractivity contribution in [1.82, 2.24) is 0 Å². The Morgan fingerprint density at radius 1 is 1.21 bits per heavy atom. The molecule has 0 aliphatic carbocycles. The average molecular weight is 200 g/mol. The summed E-state index contributed by atoms with van der Waals surface area (Å²) in [7, 11) is 0. The minimum Gasteiger partial charge on any atom is -0.455 e. The summed E-state index contributed by atoms with van der Waals surface area (Å²) < 4.78 is 6.92. The van der Waals surface area contributed by atoms with Gasteiger partial charge in [0.1, 0.15) is 11.2 Å². The van der Waals surface area contributed by atoms with Crippen LogP contribution in [-0.2, 0) is 0 Å². The van der Waals surface area contributed by atoms with E-state index in [2.05, 4.69) is 12.6 Å². The molecule has 0 fully saturated rings. The van der Waals surface area contributed by atoms with E-state index in [-0.39, 0.29) is 0 Å². The summed E-state index contributed by atoms with van der Waals surface area (Å²) in [4.78, 5) is 1.16. The standard InChI is InChI=1S/C12H8OS/c1-2-8-7-11-12(14-8)9-5-3-4-6-10(9)13-11/h2-7H,1H2. The van der Waals surface area contributed by atoms with Gasteiger partial charge in [-0.05, 0) is 18.2 Å². The van der Waals surface area contributed by atoms with Crippen LogP contribution < -0.4 is 0 Å². The molecule has 0 spiro atoms. The molecule has 0 saturated heterocycles. The number of hydrogen-bond acceptors (Lipinski definition) is 2. The van der Waals surface area contributed by atoms with Gasteiger partial charge in [0, 0.05) is 10.3 Å². The van der Waals surface area contributed by atoms with E-state index in [0.717, 1.165) is 16.0 Å². The van der Waals surface area contributed by atoms with Crippen LogP contribution in [0.5, 0.6) is 0 Å². The molecule has 1 aromatic carbocycles. The van der Waals surface area contributed by atoms with E-state index in [1.165, 1.54) is 10.1 Å². The molecule has 3 aromatic rings. The molecular formula is C12H8OS. The van der Waals surface area contributed by atoms with Crippen LogP contribution in [0, 0.1) is 0 Å². The van der Waals surface area contributed by atoms with Crippen LogP contribution in [-0.4, -0.2) is 0 Å². The summed E-state index contributed by atoms with van der Waals surface area (Å²) in [5.74, 6) is 0. The maximum Gasteiger partial charge on any atom is 0.146 e. The molecular weight excluding hydrogens is 192 g/mol. The fourth-order valence-corrected chi connectivity index (χ4v) is 2.58. The molecule has 0 aliphatic heterocycles. The summed E-state index contributed by atoms with van der Waals surface area (Å²) in [5.41, 5.74) is 1.93. The summed E-state index contributed by atoms with van der Waals surface area (Å²) in [6.45, 7) is 3.75. The third-order valence-corrected chi connectivity index (χ3v) is 3.42. The Labute approximate surface area is 85.3 Å². The highest BCUT2D eigenvalue weighted by Gasteiger charge is 2.08. The molecule has 0 N–H and O–H groups in total. The lowest BCUT2D eigenvalue weighted by Gasteiger charge is -1.85. The van der Waals surface area contributed by atoms with Gasteiger partial charge in [-0.15, -0.1) is 11.3 Å². The van der Waals surface area contributed by atoms with Crippen molar-refractivity contribution in [1.29, 1.82) is 0 Å². The number of benzene rings is 1. The van der Waals surface area contributed by atoms with Crippen LogP contribution in [0.4, 0.5) is 0 Å². The zero-order chi connectivity index (χ0) is 9.54. The van der Waals surface area contributed by atoms with Crippen LogP contribution in [0.25, 0.3) is 27.3 Å². The Morgan fingerprint density at radius 2 is 2.07 bits per heavy atom. The lowest BCUT2D eigenvalue weighted by atomic mass is 10.2. The number of furan rings is 1. The summed E-state index contributed by atoms with van der Waals surface area (Å²) in [5, 5.41) is 1.20. The number of thiophene rings is 1. The van der Waals surface area contributed by atoms with Gasteiger partial charge in [0.05, 0.1) is 4.70 Å². The Bertz CT molecular complexity index is 615. The number of para-hydroxylation sites is 1. The first kappa shape index (κ1) is 7.83. The van der Waals surface area contributed by atoms with E-state index in [4.69, 9.17) is 4.42 Å². The van der Waals surface area contributed by atoms with E-state index < -0.39 is 0 Å². The van der Waals surface area contributed by atoms with Crippen molar-refractivity contribution >= 4 is 38.7 Å². The highest BCUT2D eigenvalue weighted by Crippen LogP contribution is 2.35. The van der Waals surface area contributed by atoms with Gasteiger partial charge in [-0.1, -0.05) is 24.8 Å². The molecule has 1 nitrogen and oxygen atoms in total. The second-order valence-corrected chi connectivity index (χ2v) is 4.23. The minimum atomic E-state index is 0.962. The summed E-state index contributed by atoms with van der Waals surface area (Å²) in [6, 6.07) is 10.1. The Kier molecular flexibility index (Phi) is 1.52. The van der Waals surface area contributed by atoms with E-state index >= 15 is 0 Å². The number of fused-ring (bicyclic) bond motifs is 3. The molecule has 68 valence electrons. The largest absolute Gasteiger partial charge is 0.455 e. The topological polar surface area (TPSA) is 13.1 Å². The Balaban J connectivity index is 2.50. The van der Waals surface area contributed by atoms with Gasteiger partial charge in [0.15, 0.2) is 0 Å². The monoisotopic (exact) mass is 200 g/mol. The van der Waals surface area contributed by atoms with Gasteiger partial charge in [0.25, 0.3) is 0 Å². The van der Waals surface area contributed by atoms with Crippen LogP contribution >= 0.6 is 11.3 Å². The molecule has 2 aromatic heterocycles. The van der Waals surface area contributed by atoms with Crippen molar-refractivity contribution in [2.24, 2.45) is 0 Å². The van der Waals surface area contributed by atoms with E-state index in [1.54, 1.807) is 11.3 Å². The smallest absolute Gasteiger partial charge is 0.146 e. The van der Waals surface area contributed by atoms with E-state index in [0.29, 0.717) is 0 Å². The highest BCUT2D eigenvalue weighted by atomic mass is 32.1. The first-order valence-electron chi connectivity index (χ1n) is 4.42. The zero-order valence-corrected chi connectivity index (χ0v) is 8.30. The first-order valence-corrected chi connectivity index (χ1v) is 5.23. The van der Waals surface area contributed by atoms with Gasteiger partial charge in [-0.3, -0.25) is 0 Å². The van der Waals surface area contributed by atoms with Crippen LogP contribution in [0.15, 0.2) is 41.3 Å². The Morgan fingerprint density at radius 3 is 2.93 bits per heavy atom. The second kappa shape index (κ2) is 2.72. The molecule has 0 amide bonds. The molecule has 2 heteroatoms. The van der Waals surface area contributed by atoms with Crippen molar-refractivity contribution in [2.45, 2.75) is 0 Å². The van der Waals surface area contributed by atoms with E-state index in [9.17, 15) is 0 Å². The molecule has 0 radical (unpaired) electrons. The number of hydrogen-bond donors (Lipinski definition) is 0. The first-order chi connectivity index (χ1) is 6.88. The molecule has 2 heterocycles. The number of rotatable bonds is 1. The minimum absolute atomic E-state index is 0.962. The van der Waals surface area contributed by atoms with E-state index in [1.807, 2.05) is 30.3 Å². The van der Waals surface area contributed by atoms with Gasteiger partial charge in [0.2, 0.25) is 0 Å².